The van der Waals surface area contributed by atoms with Gasteiger partial charge in [-0.15, -0.1) is 0 Å². The van der Waals surface area contributed by atoms with E-state index in [1.54, 1.807) is 18.5 Å². The summed E-state index contributed by atoms with van der Waals surface area (Å²) in [6, 6.07) is 12.1. The lowest BCUT2D eigenvalue weighted by Crippen LogP contribution is -2.49. The van der Waals surface area contributed by atoms with Gasteiger partial charge in [-0.3, -0.25) is 24.8 Å². The zero-order valence-corrected chi connectivity index (χ0v) is 21.7. The fraction of sp³-hybridized carbons (Fsp3) is 0.393. The maximum Gasteiger partial charge on any atom is 0.252 e. The fourth-order valence-electron chi connectivity index (χ4n) is 4.75. The number of rotatable bonds is 8. The van der Waals surface area contributed by atoms with Crippen LogP contribution in [-0.4, -0.2) is 86.2 Å². The highest BCUT2D eigenvalue weighted by atomic mass is 16.1. The first-order chi connectivity index (χ1) is 18.0. The van der Waals surface area contributed by atoms with Crippen molar-refractivity contribution in [1.82, 2.24) is 40.3 Å². The molecule has 5 heterocycles. The second-order valence-electron chi connectivity index (χ2n) is 9.86. The van der Waals surface area contributed by atoms with Gasteiger partial charge in [-0.1, -0.05) is 6.07 Å². The van der Waals surface area contributed by atoms with Crippen LogP contribution in [0.3, 0.4) is 0 Å². The molecule has 0 unspecified atom stereocenters. The van der Waals surface area contributed by atoms with E-state index in [4.69, 9.17) is 4.98 Å². The average Bonchev–Trinajstić information content (AvgIpc) is 3.41. The Labute approximate surface area is 217 Å². The molecule has 0 bridgehead atoms. The van der Waals surface area contributed by atoms with Crippen LogP contribution in [0.2, 0.25) is 0 Å². The molecule has 1 saturated heterocycles. The van der Waals surface area contributed by atoms with E-state index in [1.807, 2.05) is 37.3 Å². The van der Waals surface area contributed by atoms with E-state index in [2.05, 4.69) is 49.1 Å². The van der Waals surface area contributed by atoms with Crippen molar-refractivity contribution < 1.29 is 4.79 Å². The number of pyridine rings is 3. The Bertz CT molecular complexity index is 1370. The van der Waals surface area contributed by atoms with Crippen LogP contribution >= 0.6 is 0 Å². The van der Waals surface area contributed by atoms with Gasteiger partial charge in [-0.25, -0.2) is 4.98 Å². The third kappa shape index (κ3) is 5.84. The second kappa shape index (κ2) is 11.1. The topological polar surface area (TPSA) is 103 Å². The number of aromatic amines is 1. The fourth-order valence-corrected chi connectivity index (χ4v) is 4.75. The standard InChI is InChI=1S/C28H34N8O/c1-19(2)36-14-12-35(13-15-36)11-5-10-29-28(37)21-16-26-24(30-17-21)9-8-23(33-26)22-18-31-34-27(22)25-7-4-6-20(3)32-25/h4,6-9,16-19H,5,10-15H2,1-3H3,(H,29,37)(H,31,34). The van der Waals surface area contributed by atoms with Crippen molar-refractivity contribution in [3.8, 4) is 22.6 Å². The molecule has 1 aliphatic heterocycles. The summed E-state index contributed by atoms with van der Waals surface area (Å²) in [4.78, 5) is 31.7. The van der Waals surface area contributed by atoms with Crippen LogP contribution in [0, 0.1) is 6.92 Å². The van der Waals surface area contributed by atoms with Gasteiger partial charge in [0.15, 0.2) is 0 Å². The number of hydrogen-bond acceptors (Lipinski definition) is 7. The maximum absolute atomic E-state index is 12.8. The Morgan fingerprint density at radius 1 is 1.03 bits per heavy atom. The van der Waals surface area contributed by atoms with Crippen LogP contribution in [0.4, 0.5) is 0 Å². The highest BCUT2D eigenvalue weighted by molar-refractivity contribution is 5.97. The summed E-state index contributed by atoms with van der Waals surface area (Å²) in [6.07, 6.45) is 4.29. The number of hydrogen-bond donors (Lipinski definition) is 2. The van der Waals surface area contributed by atoms with Gasteiger partial charge in [0.1, 0.15) is 0 Å². The molecule has 0 aliphatic carbocycles. The molecule has 4 aromatic rings. The molecule has 1 amide bonds. The Hall–Kier alpha value is -3.69. The van der Waals surface area contributed by atoms with Crippen molar-refractivity contribution in [3.63, 3.8) is 0 Å². The van der Waals surface area contributed by atoms with Gasteiger partial charge >= 0.3 is 0 Å². The van der Waals surface area contributed by atoms with E-state index in [9.17, 15) is 4.79 Å². The highest BCUT2D eigenvalue weighted by Crippen LogP contribution is 2.29. The number of aryl methyl sites for hydroxylation is 1. The summed E-state index contributed by atoms with van der Waals surface area (Å²) in [6.45, 7) is 12.5. The van der Waals surface area contributed by atoms with Gasteiger partial charge in [0.25, 0.3) is 5.91 Å². The second-order valence-corrected chi connectivity index (χ2v) is 9.86. The molecular formula is C28H34N8O. The monoisotopic (exact) mass is 498 g/mol. The molecule has 4 aromatic heterocycles. The van der Waals surface area contributed by atoms with E-state index in [-0.39, 0.29) is 5.91 Å². The van der Waals surface area contributed by atoms with Crippen molar-refractivity contribution >= 4 is 16.9 Å². The predicted molar refractivity (Wildman–Crippen MR) is 145 cm³/mol. The number of fused-ring (bicyclic) bond motifs is 1. The van der Waals surface area contributed by atoms with Crippen LogP contribution in [-0.2, 0) is 0 Å². The minimum Gasteiger partial charge on any atom is -0.352 e. The largest absolute Gasteiger partial charge is 0.352 e. The van der Waals surface area contributed by atoms with Crippen LogP contribution in [0.15, 0.2) is 48.8 Å². The van der Waals surface area contributed by atoms with Crippen molar-refractivity contribution in [1.29, 1.82) is 0 Å². The van der Waals surface area contributed by atoms with Gasteiger partial charge in [0, 0.05) is 56.2 Å². The molecule has 0 atom stereocenters. The molecule has 9 heteroatoms. The number of aromatic nitrogens is 5. The van der Waals surface area contributed by atoms with E-state index >= 15 is 0 Å². The van der Waals surface area contributed by atoms with E-state index in [0.717, 1.165) is 73.0 Å². The Morgan fingerprint density at radius 2 is 1.86 bits per heavy atom. The van der Waals surface area contributed by atoms with Crippen molar-refractivity contribution in [3.05, 3.63) is 60.0 Å². The number of amides is 1. The Morgan fingerprint density at radius 3 is 2.65 bits per heavy atom. The molecule has 192 valence electrons. The molecular weight excluding hydrogens is 464 g/mol. The van der Waals surface area contributed by atoms with Crippen molar-refractivity contribution in [2.24, 2.45) is 0 Å². The SMILES string of the molecule is Cc1cccc(-c2[nH]ncc2-c2ccc3ncc(C(=O)NCCCN4CCN(C(C)C)CC4)cc3n2)n1. The summed E-state index contributed by atoms with van der Waals surface area (Å²) in [5.41, 5.74) is 6.05. The number of carbonyl (C=O) groups is 1. The smallest absolute Gasteiger partial charge is 0.252 e. The van der Waals surface area contributed by atoms with Gasteiger partial charge in [0.05, 0.1) is 39.9 Å². The summed E-state index contributed by atoms with van der Waals surface area (Å²) in [5.74, 6) is -0.126. The first-order valence-electron chi connectivity index (χ1n) is 13.0. The maximum atomic E-state index is 12.8. The Balaban J connectivity index is 1.23. The predicted octanol–water partition coefficient (Wildman–Crippen LogP) is 3.54. The summed E-state index contributed by atoms with van der Waals surface area (Å²) in [5, 5.41) is 10.3. The number of nitrogens with zero attached hydrogens (tertiary/aromatic N) is 6. The lowest BCUT2D eigenvalue weighted by atomic mass is 10.1. The van der Waals surface area contributed by atoms with E-state index in [1.165, 1.54) is 0 Å². The van der Waals surface area contributed by atoms with Gasteiger partial charge in [0.2, 0.25) is 0 Å². The molecule has 9 nitrogen and oxygen atoms in total. The molecule has 0 radical (unpaired) electrons. The molecule has 0 aromatic carbocycles. The molecule has 0 saturated carbocycles. The zero-order valence-electron chi connectivity index (χ0n) is 21.7. The minimum atomic E-state index is -0.126. The highest BCUT2D eigenvalue weighted by Gasteiger charge is 2.18. The first kappa shape index (κ1) is 25.0. The lowest BCUT2D eigenvalue weighted by molar-refractivity contribution is 0.0940. The van der Waals surface area contributed by atoms with Gasteiger partial charge < -0.3 is 10.2 Å². The van der Waals surface area contributed by atoms with Gasteiger partial charge in [-0.2, -0.15) is 5.10 Å². The summed E-state index contributed by atoms with van der Waals surface area (Å²) < 4.78 is 0. The van der Waals surface area contributed by atoms with Crippen LogP contribution in [0.25, 0.3) is 33.7 Å². The quantitative estimate of drug-likeness (QED) is 0.358. The summed E-state index contributed by atoms with van der Waals surface area (Å²) in [7, 11) is 0. The number of piperazine rings is 1. The van der Waals surface area contributed by atoms with Crippen LogP contribution < -0.4 is 5.32 Å². The van der Waals surface area contributed by atoms with Crippen molar-refractivity contribution in [2.45, 2.75) is 33.2 Å². The van der Waals surface area contributed by atoms with Crippen molar-refractivity contribution in [2.75, 3.05) is 39.3 Å². The molecule has 0 spiro atoms. The normalized spacial score (nSPS) is 14.9. The third-order valence-electron chi connectivity index (χ3n) is 6.93. The third-order valence-corrected chi connectivity index (χ3v) is 6.93. The average molecular weight is 499 g/mol. The van der Waals surface area contributed by atoms with E-state index < -0.39 is 0 Å². The molecule has 1 fully saturated rings. The lowest BCUT2D eigenvalue weighted by Gasteiger charge is -2.36. The number of H-pyrrole nitrogens is 1. The number of nitrogens with one attached hydrogen (secondary N) is 2. The molecule has 5 rings (SSSR count). The Kier molecular flexibility index (Phi) is 7.52. The summed E-state index contributed by atoms with van der Waals surface area (Å²) >= 11 is 0. The molecule has 1 aliphatic rings. The van der Waals surface area contributed by atoms with Crippen LogP contribution in [0.1, 0.15) is 36.3 Å². The van der Waals surface area contributed by atoms with Gasteiger partial charge in [-0.05, 0) is 64.1 Å². The molecule has 37 heavy (non-hydrogen) atoms. The molecule has 2 N–H and O–H groups in total. The van der Waals surface area contributed by atoms with Crippen LogP contribution in [0.5, 0.6) is 0 Å². The van der Waals surface area contributed by atoms with E-state index in [0.29, 0.717) is 23.7 Å². The zero-order chi connectivity index (χ0) is 25.8. The minimum absolute atomic E-state index is 0.126. The first-order valence-corrected chi connectivity index (χ1v) is 13.0. The number of carbonyl (C=O) groups excluding carboxylic acids is 1.